The number of thioether (sulfide) groups is 1. The second-order valence-corrected chi connectivity index (χ2v) is 5.03. The van der Waals surface area contributed by atoms with Crippen LogP contribution in [0.1, 0.15) is 26.2 Å². The molecule has 1 N–H and O–H groups in total. The van der Waals surface area contributed by atoms with E-state index in [0.29, 0.717) is 6.04 Å². The van der Waals surface area contributed by atoms with Crippen molar-refractivity contribution in [1.29, 1.82) is 0 Å². The molecule has 88 valence electrons. The van der Waals surface area contributed by atoms with E-state index >= 15 is 0 Å². The highest BCUT2D eigenvalue weighted by Crippen LogP contribution is 2.13. The number of amides is 1. The van der Waals surface area contributed by atoms with Crippen LogP contribution in [-0.4, -0.2) is 48.5 Å². The van der Waals surface area contributed by atoms with Crippen LogP contribution in [0.5, 0.6) is 0 Å². The maximum Gasteiger partial charge on any atom is 0.239 e. The molecule has 1 saturated heterocycles. The number of hydrogen-bond donors (Lipinski definition) is 1. The molecule has 0 spiro atoms. The van der Waals surface area contributed by atoms with Crippen molar-refractivity contribution in [3.8, 4) is 0 Å². The average molecular weight is 230 g/mol. The van der Waals surface area contributed by atoms with Crippen molar-refractivity contribution in [3.05, 3.63) is 0 Å². The first-order valence-electron chi connectivity index (χ1n) is 5.69. The Hall–Kier alpha value is -0.220. The molecule has 15 heavy (non-hydrogen) atoms. The summed E-state index contributed by atoms with van der Waals surface area (Å²) in [6.45, 7) is 3.14. The standard InChI is InChI=1S/C11H22N2OS/c1-4-9(8-15-3)13(2)11(14)10-6-5-7-12-10/h9-10,12H,4-8H2,1-3H3. The van der Waals surface area contributed by atoms with Crippen LogP contribution in [-0.2, 0) is 4.79 Å². The molecule has 3 nitrogen and oxygen atoms in total. The van der Waals surface area contributed by atoms with Gasteiger partial charge in [0, 0.05) is 18.8 Å². The van der Waals surface area contributed by atoms with Crippen LogP contribution in [0.2, 0.25) is 0 Å². The number of rotatable bonds is 5. The summed E-state index contributed by atoms with van der Waals surface area (Å²) in [7, 11) is 1.94. The third kappa shape index (κ3) is 3.38. The molecule has 0 aromatic heterocycles. The molecule has 1 rings (SSSR count). The normalized spacial score (nSPS) is 22.7. The Morgan fingerprint density at radius 3 is 2.87 bits per heavy atom. The van der Waals surface area contributed by atoms with Gasteiger partial charge in [0.2, 0.25) is 5.91 Å². The summed E-state index contributed by atoms with van der Waals surface area (Å²) in [4.78, 5) is 14.0. The van der Waals surface area contributed by atoms with Crippen molar-refractivity contribution in [2.45, 2.75) is 38.3 Å². The van der Waals surface area contributed by atoms with E-state index in [4.69, 9.17) is 0 Å². The van der Waals surface area contributed by atoms with Crippen molar-refractivity contribution >= 4 is 17.7 Å². The van der Waals surface area contributed by atoms with Crippen molar-refractivity contribution in [3.63, 3.8) is 0 Å². The van der Waals surface area contributed by atoms with Gasteiger partial charge in [-0.2, -0.15) is 11.8 Å². The summed E-state index contributed by atoms with van der Waals surface area (Å²) in [6, 6.07) is 0.459. The number of likely N-dealkylation sites (N-methyl/N-ethyl adjacent to an activating group) is 1. The smallest absolute Gasteiger partial charge is 0.239 e. The zero-order valence-corrected chi connectivity index (χ0v) is 10.8. The summed E-state index contributed by atoms with van der Waals surface area (Å²) < 4.78 is 0. The fraction of sp³-hybridized carbons (Fsp3) is 0.909. The monoisotopic (exact) mass is 230 g/mol. The predicted octanol–water partition coefficient (Wildman–Crippen LogP) is 1.34. The number of nitrogens with zero attached hydrogens (tertiary/aromatic N) is 1. The molecule has 1 heterocycles. The lowest BCUT2D eigenvalue weighted by Crippen LogP contribution is -2.47. The minimum absolute atomic E-state index is 0.0749. The second-order valence-electron chi connectivity index (χ2n) is 4.12. The molecule has 2 unspecified atom stereocenters. The summed E-state index contributed by atoms with van der Waals surface area (Å²) in [5, 5.41) is 3.26. The van der Waals surface area contributed by atoms with Crippen LogP contribution < -0.4 is 5.32 Å². The molecule has 0 radical (unpaired) electrons. The van der Waals surface area contributed by atoms with Gasteiger partial charge in [-0.3, -0.25) is 4.79 Å². The molecular weight excluding hydrogens is 208 g/mol. The van der Waals surface area contributed by atoms with Crippen molar-refractivity contribution in [2.75, 3.05) is 25.6 Å². The Morgan fingerprint density at radius 1 is 1.67 bits per heavy atom. The average Bonchev–Trinajstić information content (AvgIpc) is 2.77. The summed E-state index contributed by atoms with van der Waals surface area (Å²) in [5.74, 6) is 1.30. The lowest BCUT2D eigenvalue weighted by atomic mass is 10.1. The van der Waals surface area contributed by atoms with Gasteiger partial charge in [0.1, 0.15) is 0 Å². The topological polar surface area (TPSA) is 32.3 Å². The van der Waals surface area contributed by atoms with Crippen LogP contribution in [0, 0.1) is 0 Å². The summed E-state index contributed by atoms with van der Waals surface area (Å²) >= 11 is 1.81. The van der Waals surface area contributed by atoms with Gasteiger partial charge in [0.25, 0.3) is 0 Å². The Labute approximate surface area is 97.0 Å². The molecule has 1 aliphatic heterocycles. The molecule has 0 aliphatic carbocycles. The predicted molar refractivity (Wildman–Crippen MR) is 66.3 cm³/mol. The molecule has 1 fully saturated rings. The van der Waals surface area contributed by atoms with E-state index in [1.54, 1.807) is 0 Å². The molecule has 0 aromatic rings. The maximum atomic E-state index is 12.1. The highest BCUT2D eigenvalue weighted by molar-refractivity contribution is 7.98. The van der Waals surface area contributed by atoms with Gasteiger partial charge in [-0.1, -0.05) is 6.92 Å². The first kappa shape index (κ1) is 12.8. The largest absolute Gasteiger partial charge is 0.341 e. The SMILES string of the molecule is CCC(CSC)N(C)C(=O)C1CCCN1. The summed E-state index contributed by atoms with van der Waals surface area (Å²) in [6.07, 6.45) is 5.26. The van der Waals surface area contributed by atoms with E-state index in [9.17, 15) is 4.79 Å². The number of carbonyl (C=O) groups is 1. The van der Waals surface area contributed by atoms with Crippen LogP contribution >= 0.6 is 11.8 Å². The minimum Gasteiger partial charge on any atom is -0.341 e. The quantitative estimate of drug-likeness (QED) is 0.773. The number of nitrogens with one attached hydrogen (secondary N) is 1. The van der Waals surface area contributed by atoms with Crippen molar-refractivity contribution < 1.29 is 4.79 Å². The van der Waals surface area contributed by atoms with Crippen LogP contribution in [0.3, 0.4) is 0 Å². The zero-order valence-electron chi connectivity index (χ0n) is 9.95. The van der Waals surface area contributed by atoms with Crippen LogP contribution in [0.15, 0.2) is 0 Å². The van der Waals surface area contributed by atoms with Gasteiger partial charge in [-0.25, -0.2) is 0 Å². The van der Waals surface area contributed by atoms with Gasteiger partial charge < -0.3 is 10.2 Å². The molecule has 1 aliphatic rings. The highest BCUT2D eigenvalue weighted by atomic mass is 32.2. The fourth-order valence-electron chi connectivity index (χ4n) is 2.02. The molecule has 4 heteroatoms. The van der Waals surface area contributed by atoms with Crippen LogP contribution in [0.25, 0.3) is 0 Å². The van der Waals surface area contributed by atoms with E-state index < -0.39 is 0 Å². The Bertz CT molecular complexity index is 205. The zero-order chi connectivity index (χ0) is 11.3. The molecule has 2 atom stereocenters. The van der Waals surface area contributed by atoms with Gasteiger partial charge in [-0.15, -0.1) is 0 Å². The Balaban J connectivity index is 2.48. The minimum atomic E-state index is 0.0749. The van der Waals surface area contributed by atoms with Crippen molar-refractivity contribution in [1.82, 2.24) is 10.2 Å². The summed E-state index contributed by atoms with van der Waals surface area (Å²) in [5.41, 5.74) is 0. The number of hydrogen-bond acceptors (Lipinski definition) is 3. The fourth-order valence-corrected chi connectivity index (χ4v) is 2.86. The third-order valence-corrected chi connectivity index (χ3v) is 3.80. The van der Waals surface area contributed by atoms with E-state index in [1.165, 1.54) is 0 Å². The number of carbonyl (C=O) groups excluding carboxylic acids is 1. The molecular formula is C11H22N2OS. The van der Waals surface area contributed by atoms with E-state index in [1.807, 2.05) is 23.7 Å². The van der Waals surface area contributed by atoms with Crippen molar-refractivity contribution in [2.24, 2.45) is 0 Å². The van der Waals surface area contributed by atoms with Gasteiger partial charge in [0.05, 0.1) is 6.04 Å². The van der Waals surface area contributed by atoms with Gasteiger partial charge >= 0.3 is 0 Å². The Kier molecular flexibility index (Phi) is 5.47. The van der Waals surface area contributed by atoms with Crippen LogP contribution in [0.4, 0.5) is 0 Å². The highest BCUT2D eigenvalue weighted by Gasteiger charge is 2.27. The molecule has 0 aromatic carbocycles. The molecule has 0 bridgehead atoms. The first-order chi connectivity index (χ1) is 7.20. The Morgan fingerprint density at radius 2 is 2.40 bits per heavy atom. The van der Waals surface area contributed by atoms with Gasteiger partial charge in [0.15, 0.2) is 0 Å². The molecule has 1 amide bonds. The van der Waals surface area contributed by atoms with E-state index in [-0.39, 0.29) is 11.9 Å². The lowest BCUT2D eigenvalue weighted by molar-refractivity contribution is -0.133. The maximum absolute atomic E-state index is 12.1. The van der Waals surface area contributed by atoms with Gasteiger partial charge in [-0.05, 0) is 32.1 Å². The van der Waals surface area contributed by atoms with E-state index in [2.05, 4.69) is 18.5 Å². The first-order valence-corrected chi connectivity index (χ1v) is 7.09. The van der Waals surface area contributed by atoms with E-state index in [0.717, 1.165) is 31.6 Å². The third-order valence-electron chi connectivity index (χ3n) is 3.08. The lowest BCUT2D eigenvalue weighted by Gasteiger charge is -2.29. The second kappa shape index (κ2) is 6.38. The molecule has 0 saturated carbocycles.